The van der Waals surface area contributed by atoms with E-state index >= 15 is 0 Å². The van der Waals surface area contributed by atoms with Crippen LogP contribution in [0.15, 0.2) is 41.0 Å². The van der Waals surface area contributed by atoms with Crippen LogP contribution in [0.4, 0.5) is 0 Å². The van der Waals surface area contributed by atoms with Gasteiger partial charge in [0, 0.05) is 10.6 Å². The van der Waals surface area contributed by atoms with Gasteiger partial charge in [-0.05, 0) is 18.6 Å². The number of benzene rings is 1. The van der Waals surface area contributed by atoms with E-state index in [-0.39, 0.29) is 6.61 Å². The molecular weight excluding hydrogens is 226 g/mol. The Balaban J connectivity index is 2.95. The summed E-state index contributed by atoms with van der Waals surface area (Å²) in [5.41, 5.74) is 1.35. The average molecular weight is 240 g/mol. The molecule has 1 N–H and O–H groups in total. The summed E-state index contributed by atoms with van der Waals surface area (Å²) in [6, 6.07) is 7.35. The van der Waals surface area contributed by atoms with Crippen LogP contribution in [-0.2, 0) is 0 Å². The van der Waals surface area contributed by atoms with Crippen LogP contribution in [0.5, 0.6) is 5.75 Å². The summed E-state index contributed by atoms with van der Waals surface area (Å²) >= 11 is 5.63. The van der Waals surface area contributed by atoms with E-state index in [4.69, 9.17) is 21.5 Å². The maximum absolute atomic E-state index is 8.87. The molecule has 0 aliphatic rings. The number of hydrogen-bond donors (Lipinski definition) is 1. The van der Waals surface area contributed by atoms with Crippen molar-refractivity contribution >= 4 is 17.3 Å². The van der Waals surface area contributed by atoms with Crippen molar-refractivity contribution in [1.29, 1.82) is 0 Å². The highest BCUT2D eigenvalue weighted by Gasteiger charge is 2.08. The van der Waals surface area contributed by atoms with Gasteiger partial charge in [0.25, 0.3) is 0 Å². The second-order valence-corrected chi connectivity index (χ2v) is 3.74. The summed E-state index contributed by atoms with van der Waals surface area (Å²) in [5.74, 6) is 0.638. The quantitative estimate of drug-likeness (QED) is 0.486. The molecule has 1 rings (SSSR count). The molecule has 0 unspecified atom stereocenters. The summed E-state index contributed by atoms with van der Waals surface area (Å²) in [7, 11) is 0. The first-order chi connectivity index (χ1) is 7.69. The van der Waals surface area contributed by atoms with Crippen molar-refractivity contribution in [3.05, 3.63) is 41.4 Å². The average Bonchev–Trinajstić information content (AvgIpc) is 2.29. The first-order valence-electron chi connectivity index (χ1n) is 4.95. The smallest absolute Gasteiger partial charge is 0.129 e. The van der Waals surface area contributed by atoms with E-state index in [0.29, 0.717) is 22.9 Å². The molecule has 0 fully saturated rings. The van der Waals surface area contributed by atoms with Gasteiger partial charge in [0.2, 0.25) is 0 Å². The Morgan fingerprint density at radius 2 is 2.19 bits per heavy atom. The second kappa shape index (κ2) is 6.18. The molecule has 0 amide bonds. The first-order valence-corrected chi connectivity index (χ1v) is 5.33. The van der Waals surface area contributed by atoms with E-state index in [1.165, 1.54) is 0 Å². The lowest BCUT2D eigenvalue weighted by atomic mass is 10.1. The van der Waals surface area contributed by atoms with Crippen molar-refractivity contribution in [3.8, 4) is 5.75 Å². The van der Waals surface area contributed by atoms with Crippen LogP contribution in [0.25, 0.3) is 0 Å². The monoisotopic (exact) mass is 239 g/mol. The fourth-order valence-corrected chi connectivity index (χ4v) is 1.36. The molecular formula is C12H14ClNO2. The molecule has 0 bridgehead atoms. The largest absolute Gasteiger partial charge is 0.487 e. The zero-order valence-electron chi connectivity index (χ0n) is 9.11. The van der Waals surface area contributed by atoms with Crippen LogP contribution in [-0.4, -0.2) is 17.5 Å². The van der Waals surface area contributed by atoms with Crippen LogP contribution >= 0.6 is 11.6 Å². The minimum absolute atomic E-state index is 0.237. The topological polar surface area (TPSA) is 41.8 Å². The lowest BCUT2D eigenvalue weighted by Crippen LogP contribution is -2.05. The maximum Gasteiger partial charge on any atom is 0.129 e. The Kier molecular flexibility index (Phi) is 4.86. The molecule has 86 valence electrons. The number of oxime groups is 1. The maximum atomic E-state index is 8.87. The van der Waals surface area contributed by atoms with E-state index in [9.17, 15) is 0 Å². The molecule has 3 nitrogen and oxygen atoms in total. The predicted molar refractivity (Wildman–Crippen MR) is 65.5 cm³/mol. The van der Waals surface area contributed by atoms with E-state index in [0.717, 1.165) is 5.56 Å². The summed E-state index contributed by atoms with van der Waals surface area (Å²) < 4.78 is 5.46. The number of para-hydroxylation sites is 1. The number of rotatable bonds is 5. The van der Waals surface area contributed by atoms with E-state index in [2.05, 4.69) is 11.7 Å². The summed E-state index contributed by atoms with van der Waals surface area (Å²) in [6.07, 6.45) is 0.624. The molecule has 0 aliphatic heterocycles. The van der Waals surface area contributed by atoms with Gasteiger partial charge >= 0.3 is 0 Å². The molecule has 1 aromatic carbocycles. The van der Waals surface area contributed by atoms with Gasteiger partial charge in [-0.25, -0.2) is 0 Å². The van der Waals surface area contributed by atoms with Gasteiger partial charge in [-0.2, -0.15) is 0 Å². The van der Waals surface area contributed by atoms with Crippen LogP contribution in [0.1, 0.15) is 18.9 Å². The highest BCUT2D eigenvalue weighted by Crippen LogP contribution is 2.20. The summed E-state index contributed by atoms with van der Waals surface area (Å²) in [4.78, 5) is 0. The molecule has 16 heavy (non-hydrogen) atoms. The number of hydrogen-bond acceptors (Lipinski definition) is 3. The van der Waals surface area contributed by atoms with Gasteiger partial charge in [0.1, 0.15) is 12.4 Å². The van der Waals surface area contributed by atoms with Gasteiger partial charge in [-0.1, -0.05) is 42.4 Å². The van der Waals surface area contributed by atoms with Crippen LogP contribution in [0.3, 0.4) is 0 Å². The van der Waals surface area contributed by atoms with Crippen molar-refractivity contribution in [2.75, 3.05) is 6.61 Å². The Labute approximate surface area is 100.0 Å². The lowest BCUT2D eigenvalue weighted by molar-refractivity contribution is 0.317. The molecule has 0 aliphatic carbocycles. The second-order valence-electron chi connectivity index (χ2n) is 3.20. The van der Waals surface area contributed by atoms with Crippen molar-refractivity contribution in [2.45, 2.75) is 13.3 Å². The molecule has 0 spiro atoms. The minimum Gasteiger partial charge on any atom is -0.487 e. The van der Waals surface area contributed by atoms with Gasteiger partial charge in [0.15, 0.2) is 0 Å². The molecule has 4 heteroatoms. The Morgan fingerprint density at radius 1 is 1.50 bits per heavy atom. The standard InChI is InChI=1S/C12H14ClNO2/c1-3-11(14-15)10-6-4-5-7-12(10)16-8-9(2)13/h4-7,15H,2-3,8H2,1H3/b14-11+. The predicted octanol–water partition coefficient (Wildman–Crippen LogP) is 3.41. The van der Waals surface area contributed by atoms with Crippen molar-refractivity contribution in [3.63, 3.8) is 0 Å². The third kappa shape index (κ3) is 3.28. The Hall–Kier alpha value is -1.48. The van der Waals surface area contributed by atoms with Crippen molar-refractivity contribution < 1.29 is 9.94 Å². The zero-order valence-corrected chi connectivity index (χ0v) is 9.87. The molecule has 0 saturated heterocycles. The summed E-state index contributed by atoms with van der Waals surface area (Å²) in [6.45, 7) is 5.69. The summed E-state index contributed by atoms with van der Waals surface area (Å²) in [5, 5.41) is 12.5. The molecule has 0 heterocycles. The lowest BCUT2D eigenvalue weighted by Gasteiger charge is -2.10. The fraction of sp³-hybridized carbons (Fsp3) is 0.250. The minimum atomic E-state index is 0.237. The number of nitrogens with zero attached hydrogens (tertiary/aromatic N) is 1. The third-order valence-corrected chi connectivity index (χ3v) is 2.15. The van der Waals surface area contributed by atoms with Crippen LogP contribution < -0.4 is 4.74 Å². The highest BCUT2D eigenvalue weighted by molar-refractivity contribution is 6.29. The molecule has 0 atom stereocenters. The van der Waals surface area contributed by atoms with Gasteiger partial charge in [-0.15, -0.1) is 0 Å². The Morgan fingerprint density at radius 3 is 2.75 bits per heavy atom. The molecule has 0 aromatic heterocycles. The highest BCUT2D eigenvalue weighted by atomic mass is 35.5. The van der Waals surface area contributed by atoms with Crippen LogP contribution in [0.2, 0.25) is 0 Å². The fourth-order valence-electron chi connectivity index (χ4n) is 1.30. The van der Waals surface area contributed by atoms with Gasteiger partial charge < -0.3 is 9.94 Å². The van der Waals surface area contributed by atoms with E-state index < -0.39 is 0 Å². The van der Waals surface area contributed by atoms with Crippen molar-refractivity contribution in [1.82, 2.24) is 0 Å². The van der Waals surface area contributed by atoms with Gasteiger partial charge in [0.05, 0.1) is 5.71 Å². The normalized spacial score (nSPS) is 11.2. The number of halogens is 1. The SMILES string of the molecule is C=C(Cl)COc1ccccc1/C(CC)=N/O. The first kappa shape index (κ1) is 12.6. The van der Waals surface area contributed by atoms with Crippen molar-refractivity contribution in [2.24, 2.45) is 5.16 Å². The zero-order chi connectivity index (χ0) is 12.0. The van der Waals surface area contributed by atoms with E-state index in [1.54, 1.807) is 6.07 Å². The molecule has 1 aromatic rings. The molecule has 0 radical (unpaired) electrons. The van der Waals surface area contributed by atoms with Crippen LogP contribution in [0, 0.1) is 0 Å². The van der Waals surface area contributed by atoms with Gasteiger partial charge in [-0.3, -0.25) is 0 Å². The Bertz CT molecular complexity index is 402. The number of ether oxygens (including phenoxy) is 1. The third-order valence-electron chi connectivity index (χ3n) is 2.04. The molecule has 0 saturated carbocycles. The van der Waals surface area contributed by atoms with E-state index in [1.807, 2.05) is 25.1 Å².